The van der Waals surface area contributed by atoms with Crippen LogP contribution in [0.25, 0.3) is 0 Å². The number of aliphatic carboxylic acids is 1. The summed E-state index contributed by atoms with van der Waals surface area (Å²) in [5, 5.41) is 13.9. The van der Waals surface area contributed by atoms with E-state index in [0.717, 1.165) is 0 Å². The maximum Gasteiger partial charge on any atom is 0.317 e. The number of nitrogens with zero attached hydrogens (tertiary/aromatic N) is 1. The Bertz CT molecular complexity index is 360. The van der Waals surface area contributed by atoms with Crippen molar-refractivity contribution in [3.8, 4) is 0 Å². The van der Waals surface area contributed by atoms with Crippen molar-refractivity contribution in [2.75, 3.05) is 33.8 Å². The molecule has 0 spiro atoms. The van der Waals surface area contributed by atoms with Gasteiger partial charge in [-0.3, -0.25) is 9.59 Å². The first-order valence-corrected chi connectivity index (χ1v) is 6.76. The Kier molecular flexibility index (Phi) is 9.11. The fraction of sp³-hybridized carbons (Fsp3) is 0.769. The first-order valence-electron chi connectivity index (χ1n) is 6.76. The van der Waals surface area contributed by atoms with Gasteiger partial charge in [0.2, 0.25) is 5.91 Å². The lowest BCUT2D eigenvalue weighted by Crippen LogP contribution is -2.46. The summed E-state index contributed by atoms with van der Waals surface area (Å²) < 4.78 is 4.94. The molecule has 0 rings (SSSR count). The number of likely N-dealkylation sites (N-methyl/N-ethyl adjacent to an activating group) is 1. The van der Waals surface area contributed by atoms with Crippen molar-refractivity contribution in [1.29, 1.82) is 0 Å². The SMILES string of the molecule is COC(CNC(=O)N(C)CC(=O)NCC(C)C)CC(=O)O. The molecule has 21 heavy (non-hydrogen) atoms. The van der Waals surface area contributed by atoms with Gasteiger partial charge in [-0.1, -0.05) is 13.8 Å². The monoisotopic (exact) mass is 303 g/mol. The largest absolute Gasteiger partial charge is 0.481 e. The Morgan fingerprint density at radius 3 is 2.29 bits per heavy atom. The summed E-state index contributed by atoms with van der Waals surface area (Å²) in [4.78, 5) is 35.1. The lowest BCUT2D eigenvalue weighted by atomic mass is 10.2. The van der Waals surface area contributed by atoms with E-state index in [-0.39, 0.29) is 25.4 Å². The Morgan fingerprint density at radius 2 is 1.81 bits per heavy atom. The Morgan fingerprint density at radius 1 is 1.19 bits per heavy atom. The number of amides is 3. The molecule has 0 radical (unpaired) electrons. The molecule has 0 aromatic heterocycles. The van der Waals surface area contributed by atoms with E-state index in [1.807, 2.05) is 13.8 Å². The van der Waals surface area contributed by atoms with E-state index in [1.165, 1.54) is 19.1 Å². The number of urea groups is 1. The molecule has 8 nitrogen and oxygen atoms in total. The summed E-state index contributed by atoms with van der Waals surface area (Å²) in [6, 6.07) is -0.456. The number of hydrogen-bond acceptors (Lipinski definition) is 4. The number of hydrogen-bond donors (Lipinski definition) is 3. The second-order valence-electron chi connectivity index (χ2n) is 5.20. The van der Waals surface area contributed by atoms with E-state index in [2.05, 4.69) is 10.6 Å². The van der Waals surface area contributed by atoms with E-state index in [1.54, 1.807) is 0 Å². The molecule has 3 amide bonds. The zero-order valence-electron chi connectivity index (χ0n) is 13.0. The van der Waals surface area contributed by atoms with Gasteiger partial charge < -0.3 is 25.4 Å². The average molecular weight is 303 g/mol. The van der Waals surface area contributed by atoms with Crippen LogP contribution in [0.3, 0.4) is 0 Å². The second kappa shape index (κ2) is 9.98. The van der Waals surface area contributed by atoms with Crippen LogP contribution in [0.15, 0.2) is 0 Å². The Hall–Kier alpha value is -1.83. The predicted octanol–water partition coefficient (Wildman–Crippen LogP) is -0.110. The number of nitrogens with one attached hydrogen (secondary N) is 2. The zero-order valence-corrected chi connectivity index (χ0v) is 13.0. The molecular formula is C13H25N3O5. The van der Waals surface area contributed by atoms with E-state index >= 15 is 0 Å². The molecule has 0 aromatic carbocycles. The fourth-order valence-electron chi connectivity index (χ4n) is 1.43. The van der Waals surface area contributed by atoms with E-state index in [9.17, 15) is 14.4 Å². The van der Waals surface area contributed by atoms with Gasteiger partial charge in [0, 0.05) is 27.2 Å². The number of methoxy groups -OCH3 is 1. The van der Waals surface area contributed by atoms with Gasteiger partial charge in [0.25, 0.3) is 0 Å². The van der Waals surface area contributed by atoms with Crippen molar-refractivity contribution in [2.24, 2.45) is 5.92 Å². The van der Waals surface area contributed by atoms with Crippen LogP contribution in [0.5, 0.6) is 0 Å². The lowest BCUT2D eigenvalue weighted by Gasteiger charge is -2.20. The zero-order chi connectivity index (χ0) is 16.4. The summed E-state index contributed by atoms with van der Waals surface area (Å²) in [5.74, 6) is -0.903. The second-order valence-corrected chi connectivity index (χ2v) is 5.20. The highest BCUT2D eigenvalue weighted by Gasteiger charge is 2.16. The molecule has 0 aliphatic carbocycles. The van der Waals surface area contributed by atoms with Gasteiger partial charge >= 0.3 is 12.0 Å². The van der Waals surface area contributed by atoms with Crippen LogP contribution in [0.2, 0.25) is 0 Å². The number of carboxylic acids is 1. The first-order chi connectivity index (χ1) is 9.76. The van der Waals surface area contributed by atoms with Crippen LogP contribution in [-0.4, -0.2) is 67.8 Å². The van der Waals surface area contributed by atoms with E-state index < -0.39 is 18.1 Å². The van der Waals surface area contributed by atoms with Crippen molar-refractivity contribution >= 4 is 17.9 Å². The van der Waals surface area contributed by atoms with Gasteiger partial charge in [0.05, 0.1) is 12.5 Å². The summed E-state index contributed by atoms with van der Waals surface area (Å²) in [6.45, 7) is 4.52. The molecular weight excluding hydrogens is 278 g/mol. The standard InChI is InChI=1S/C13H25N3O5/c1-9(2)6-14-11(17)8-16(3)13(20)15-7-10(21-4)5-12(18)19/h9-10H,5-8H2,1-4H3,(H,14,17)(H,15,20)(H,18,19). The maximum atomic E-state index is 11.8. The minimum absolute atomic E-state index is 0.0604. The normalized spacial score (nSPS) is 11.9. The predicted molar refractivity (Wildman–Crippen MR) is 76.9 cm³/mol. The highest BCUT2D eigenvalue weighted by Crippen LogP contribution is 1.96. The number of carbonyl (C=O) groups is 3. The molecule has 0 bridgehead atoms. The van der Waals surface area contributed by atoms with Crippen LogP contribution in [0.1, 0.15) is 20.3 Å². The maximum absolute atomic E-state index is 11.8. The molecule has 0 fully saturated rings. The molecule has 3 N–H and O–H groups in total. The fourth-order valence-corrected chi connectivity index (χ4v) is 1.43. The minimum atomic E-state index is -1.00. The first kappa shape index (κ1) is 19.2. The van der Waals surface area contributed by atoms with Crippen LogP contribution in [0.4, 0.5) is 4.79 Å². The Labute approximate surface area is 124 Å². The molecule has 0 saturated carbocycles. The Balaban J connectivity index is 4.09. The molecule has 1 atom stereocenters. The van der Waals surface area contributed by atoms with E-state index in [0.29, 0.717) is 12.5 Å². The third-order valence-electron chi connectivity index (χ3n) is 2.65. The van der Waals surface area contributed by atoms with Crippen molar-refractivity contribution in [1.82, 2.24) is 15.5 Å². The van der Waals surface area contributed by atoms with Crippen molar-refractivity contribution < 1.29 is 24.2 Å². The summed E-state index contributed by atoms with van der Waals surface area (Å²) in [5.41, 5.74) is 0. The van der Waals surface area contributed by atoms with Crippen molar-refractivity contribution in [3.63, 3.8) is 0 Å². The topological polar surface area (TPSA) is 108 Å². The van der Waals surface area contributed by atoms with Gasteiger partial charge in [-0.05, 0) is 5.92 Å². The van der Waals surface area contributed by atoms with Crippen LogP contribution >= 0.6 is 0 Å². The molecule has 8 heteroatoms. The summed E-state index contributed by atoms with van der Waals surface area (Å²) >= 11 is 0. The van der Waals surface area contributed by atoms with Crippen LogP contribution in [0, 0.1) is 5.92 Å². The van der Waals surface area contributed by atoms with Crippen molar-refractivity contribution in [3.05, 3.63) is 0 Å². The van der Waals surface area contributed by atoms with Gasteiger partial charge in [-0.15, -0.1) is 0 Å². The summed E-state index contributed by atoms with van der Waals surface area (Å²) in [7, 11) is 2.87. The highest BCUT2D eigenvalue weighted by atomic mass is 16.5. The molecule has 122 valence electrons. The van der Waals surface area contributed by atoms with Gasteiger partial charge in [-0.25, -0.2) is 4.79 Å². The number of carboxylic acid groups (broad SMARTS) is 1. The van der Waals surface area contributed by atoms with Gasteiger partial charge in [0.15, 0.2) is 0 Å². The molecule has 0 aromatic rings. The molecule has 0 aliphatic heterocycles. The number of carbonyl (C=O) groups excluding carboxylic acids is 2. The van der Waals surface area contributed by atoms with Gasteiger partial charge in [0.1, 0.15) is 6.54 Å². The molecule has 0 saturated heterocycles. The van der Waals surface area contributed by atoms with Crippen molar-refractivity contribution in [2.45, 2.75) is 26.4 Å². The molecule has 0 heterocycles. The van der Waals surface area contributed by atoms with E-state index in [4.69, 9.17) is 9.84 Å². The molecule has 1 unspecified atom stereocenters. The smallest absolute Gasteiger partial charge is 0.317 e. The summed E-state index contributed by atoms with van der Waals surface area (Å²) in [6.07, 6.45) is -0.801. The minimum Gasteiger partial charge on any atom is -0.481 e. The number of ether oxygens (including phenoxy) is 1. The van der Waals surface area contributed by atoms with Crippen LogP contribution in [-0.2, 0) is 14.3 Å². The third-order valence-corrected chi connectivity index (χ3v) is 2.65. The number of rotatable bonds is 9. The van der Waals surface area contributed by atoms with Gasteiger partial charge in [-0.2, -0.15) is 0 Å². The lowest BCUT2D eigenvalue weighted by molar-refractivity contribution is -0.139. The third kappa shape index (κ3) is 9.67. The highest BCUT2D eigenvalue weighted by molar-refractivity contribution is 5.83. The quantitative estimate of drug-likeness (QED) is 0.551. The van der Waals surface area contributed by atoms with Crippen LogP contribution < -0.4 is 10.6 Å². The molecule has 0 aliphatic rings. The average Bonchev–Trinajstić information content (AvgIpc) is 2.40.